The molecule has 0 fully saturated rings. The molecule has 0 amide bonds. The van der Waals surface area contributed by atoms with Crippen LogP contribution in [0.25, 0.3) is 27.9 Å². The molecular formula is C20H18N2. The van der Waals surface area contributed by atoms with Gasteiger partial charge in [-0.1, -0.05) is 60.7 Å². The van der Waals surface area contributed by atoms with Gasteiger partial charge in [-0.25, -0.2) is 9.97 Å². The van der Waals surface area contributed by atoms with Crippen LogP contribution in [0.2, 0.25) is 0 Å². The highest BCUT2D eigenvalue weighted by molar-refractivity contribution is 5.87. The lowest BCUT2D eigenvalue weighted by Crippen LogP contribution is -1.97. The van der Waals surface area contributed by atoms with E-state index in [1.807, 2.05) is 62.4 Å². The number of hydrogen-bond acceptors (Lipinski definition) is 2. The van der Waals surface area contributed by atoms with E-state index < -0.39 is 0 Å². The van der Waals surface area contributed by atoms with E-state index in [1.54, 1.807) is 0 Å². The zero-order chi connectivity index (χ0) is 15.4. The van der Waals surface area contributed by atoms with Gasteiger partial charge in [0.2, 0.25) is 0 Å². The third-order valence-corrected chi connectivity index (χ3v) is 3.55. The Morgan fingerprint density at radius 2 is 1.45 bits per heavy atom. The van der Waals surface area contributed by atoms with Crippen LogP contribution in [-0.4, -0.2) is 9.97 Å². The van der Waals surface area contributed by atoms with Gasteiger partial charge >= 0.3 is 0 Å². The Kier molecular flexibility index (Phi) is 4.10. The summed E-state index contributed by atoms with van der Waals surface area (Å²) < 4.78 is 0. The van der Waals surface area contributed by atoms with Crippen LogP contribution in [0.3, 0.4) is 0 Å². The molecule has 2 aromatic carbocycles. The van der Waals surface area contributed by atoms with Gasteiger partial charge in [0, 0.05) is 5.56 Å². The fourth-order valence-corrected chi connectivity index (χ4v) is 2.49. The first-order chi connectivity index (χ1) is 10.8. The van der Waals surface area contributed by atoms with Gasteiger partial charge in [-0.3, -0.25) is 0 Å². The normalized spacial score (nSPS) is 12.2. The maximum atomic E-state index is 4.86. The Morgan fingerprint density at radius 3 is 2.09 bits per heavy atom. The molecule has 2 heteroatoms. The largest absolute Gasteiger partial charge is 0.244 e. The molecule has 0 aliphatic heterocycles. The van der Waals surface area contributed by atoms with Gasteiger partial charge in [0.15, 0.2) is 0 Å². The first-order valence-electron chi connectivity index (χ1n) is 7.45. The first-order valence-corrected chi connectivity index (χ1v) is 7.45. The number of allylic oxidation sites excluding steroid dienone is 4. The summed E-state index contributed by atoms with van der Waals surface area (Å²) in [5.41, 5.74) is 5.84. The second-order valence-electron chi connectivity index (χ2n) is 5.02. The van der Waals surface area contributed by atoms with E-state index in [1.165, 1.54) is 0 Å². The minimum Gasteiger partial charge on any atom is -0.244 e. The third kappa shape index (κ3) is 2.68. The van der Waals surface area contributed by atoms with Crippen LogP contribution in [0.15, 0.2) is 72.8 Å². The van der Waals surface area contributed by atoms with Crippen molar-refractivity contribution >= 4 is 16.6 Å². The van der Waals surface area contributed by atoms with Crippen molar-refractivity contribution < 1.29 is 0 Å². The van der Waals surface area contributed by atoms with Crippen molar-refractivity contribution in [3.05, 3.63) is 78.5 Å². The highest BCUT2D eigenvalue weighted by atomic mass is 14.8. The van der Waals surface area contributed by atoms with E-state index in [0.717, 1.165) is 33.6 Å². The highest BCUT2D eigenvalue weighted by Gasteiger charge is 2.12. The molecule has 0 unspecified atom stereocenters. The van der Waals surface area contributed by atoms with E-state index in [2.05, 4.69) is 24.3 Å². The molecular weight excluding hydrogens is 268 g/mol. The minimum absolute atomic E-state index is 0.918. The van der Waals surface area contributed by atoms with Crippen LogP contribution in [0.1, 0.15) is 19.5 Å². The van der Waals surface area contributed by atoms with Gasteiger partial charge in [0.05, 0.1) is 22.4 Å². The van der Waals surface area contributed by atoms with Gasteiger partial charge in [-0.2, -0.15) is 0 Å². The maximum Gasteiger partial charge on any atom is 0.0972 e. The number of fused-ring (bicyclic) bond motifs is 1. The lowest BCUT2D eigenvalue weighted by molar-refractivity contribution is 1.25. The Hall–Kier alpha value is -2.74. The fraction of sp³-hybridized carbons (Fsp3) is 0.100. The number of rotatable bonds is 3. The van der Waals surface area contributed by atoms with Crippen LogP contribution in [0.5, 0.6) is 0 Å². The summed E-state index contributed by atoms with van der Waals surface area (Å²) in [6, 6.07) is 18.2. The summed E-state index contributed by atoms with van der Waals surface area (Å²) in [6.07, 6.45) is 6.18. The van der Waals surface area contributed by atoms with Gasteiger partial charge in [-0.15, -0.1) is 0 Å². The summed E-state index contributed by atoms with van der Waals surface area (Å²) in [5, 5.41) is 0. The third-order valence-electron chi connectivity index (χ3n) is 3.55. The second-order valence-corrected chi connectivity index (χ2v) is 5.02. The molecule has 3 aromatic rings. The van der Waals surface area contributed by atoms with Crippen LogP contribution >= 0.6 is 0 Å². The molecule has 0 N–H and O–H groups in total. The predicted octanol–water partition coefficient (Wildman–Crippen LogP) is 5.28. The van der Waals surface area contributed by atoms with Crippen molar-refractivity contribution in [2.75, 3.05) is 0 Å². The predicted molar refractivity (Wildman–Crippen MR) is 93.4 cm³/mol. The molecule has 0 atom stereocenters. The van der Waals surface area contributed by atoms with Gasteiger partial charge in [0.1, 0.15) is 0 Å². The van der Waals surface area contributed by atoms with Crippen molar-refractivity contribution in [1.29, 1.82) is 0 Å². The number of hydrogen-bond donors (Lipinski definition) is 0. The Balaban J connectivity index is 2.32. The fourth-order valence-electron chi connectivity index (χ4n) is 2.49. The molecule has 0 saturated heterocycles. The summed E-state index contributed by atoms with van der Waals surface area (Å²) in [7, 11) is 0. The van der Waals surface area contributed by atoms with Gasteiger partial charge in [-0.05, 0) is 31.6 Å². The zero-order valence-electron chi connectivity index (χ0n) is 12.8. The SMILES string of the molecule is C/C=C\C(=C/C)c1nc2ccccc2nc1-c1ccccc1. The van der Waals surface area contributed by atoms with Gasteiger partial charge in [0.25, 0.3) is 0 Å². The standard InChI is InChI=1S/C20H18N2/c1-3-10-15(4-2)19-20(16-11-6-5-7-12-16)22-18-14-9-8-13-17(18)21-19/h3-14H,1-2H3/b10-3-,15-4+. The number of benzene rings is 2. The van der Waals surface area contributed by atoms with Crippen molar-refractivity contribution in [3.8, 4) is 11.3 Å². The van der Waals surface area contributed by atoms with E-state index in [0.29, 0.717) is 0 Å². The Bertz CT molecular complexity index is 846. The lowest BCUT2D eigenvalue weighted by atomic mass is 10.0. The molecule has 3 rings (SSSR count). The molecule has 2 nitrogen and oxygen atoms in total. The molecule has 1 heterocycles. The van der Waals surface area contributed by atoms with Crippen molar-refractivity contribution in [1.82, 2.24) is 9.97 Å². The Labute approximate surface area is 130 Å². The average Bonchev–Trinajstić information content (AvgIpc) is 2.59. The molecule has 1 aromatic heterocycles. The second kappa shape index (κ2) is 6.35. The quantitative estimate of drug-likeness (QED) is 0.612. The van der Waals surface area contributed by atoms with Gasteiger partial charge < -0.3 is 0 Å². The molecule has 0 aliphatic rings. The molecule has 0 bridgehead atoms. The lowest BCUT2D eigenvalue weighted by Gasteiger charge is -2.11. The highest BCUT2D eigenvalue weighted by Crippen LogP contribution is 2.28. The summed E-state index contributed by atoms with van der Waals surface area (Å²) >= 11 is 0. The van der Waals surface area contributed by atoms with Crippen molar-refractivity contribution in [3.63, 3.8) is 0 Å². The van der Waals surface area contributed by atoms with Crippen molar-refractivity contribution in [2.45, 2.75) is 13.8 Å². The molecule has 0 saturated carbocycles. The minimum atomic E-state index is 0.918. The zero-order valence-corrected chi connectivity index (χ0v) is 12.8. The molecule has 0 spiro atoms. The monoisotopic (exact) mass is 286 g/mol. The van der Waals surface area contributed by atoms with E-state index in [-0.39, 0.29) is 0 Å². The summed E-state index contributed by atoms with van der Waals surface area (Å²) in [4.78, 5) is 9.72. The van der Waals surface area contributed by atoms with E-state index in [4.69, 9.17) is 9.97 Å². The molecule has 0 radical (unpaired) electrons. The molecule has 0 aliphatic carbocycles. The van der Waals surface area contributed by atoms with E-state index >= 15 is 0 Å². The van der Waals surface area contributed by atoms with Crippen LogP contribution in [0, 0.1) is 0 Å². The maximum absolute atomic E-state index is 4.86. The topological polar surface area (TPSA) is 25.8 Å². The summed E-state index contributed by atoms with van der Waals surface area (Å²) in [5.74, 6) is 0. The van der Waals surface area contributed by atoms with E-state index in [9.17, 15) is 0 Å². The Morgan fingerprint density at radius 1 is 0.818 bits per heavy atom. The molecule has 108 valence electrons. The van der Waals surface area contributed by atoms with Crippen LogP contribution < -0.4 is 0 Å². The average molecular weight is 286 g/mol. The number of aromatic nitrogens is 2. The number of para-hydroxylation sites is 2. The number of nitrogens with zero attached hydrogens (tertiary/aromatic N) is 2. The summed E-state index contributed by atoms with van der Waals surface area (Å²) in [6.45, 7) is 4.04. The van der Waals surface area contributed by atoms with Crippen molar-refractivity contribution in [2.24, 2.45) is 0 Å². The first kappa shape index (κ1) is 14.2. The smallest absolute Gasteiger partial charge is 0.0972 e. The molecule has 22 heavy (non-hydrogen) atoms. The van der Waals surface area contributed by atoms with Crippen LogP contribution in [0.4, 0.5) is 0 Å². The van der Waals surface area contributed by atoms with Crippen LogP contribution in [-0.2, 0) is 0 Å².